The number of fused-ring (bicyclic) bond motifs is 1. The zero-order valence-corrected chi connectivity index (χ0v) is 11.2. The molecule has 1 aliphatic heterocycles. The molecule has 1 N–H and O–H groups in total. The predicted octanol–water partition coefficient (Wildman–Crippen LogP) is 2.82. The van der Waals surface area contributed by atoms with Crippen LogP contribution in [0.4, 0.5) is 0 Å². The lowest BCUT2D eigenvalue weighted by Crippen LogP contribution is -2.58. The minimum atomic E-state index is 0.491. The molecule has 2 nitrogen and oxygen atoms in total. The van der Waals surface area contributed by atoms with Crippen LogP contribution in [0.2, 0.25) is 0 Å². The maximum atomic E-state index is 6.02. The summed E-state index contributed by atoms with van der Waals surface area (Å²) in [5.74, 6) is 2.39. The van der Waals surface area contributed by atoms with Gasteiger partial charge in [0.15, 0.2) is 0 Å². The smallest absolute Gasteiger partial charge is 0.0729 e. The van der Waals surface area contributed by atoms with Gasteiger partial charge in [-0.2, -0.15) is 0 Å². The third-order valence-electron chi connectivity index (χ3n) is 4.49. The summed E-state index contributed by atoms with van der Waals surface area (Å²) in [7, 11) is 0. The van der Waals surface area contributed by atoms with Crippen LogP contribution >= 0.6 is 0 Å². The van der Waals surface area contributed by atoms with E-state index in [1.165, 1.54) is 19.3 Å². The monoisotopic (exact) mass is 225 g/mol. The molecule has 0 aromatic rings. The second kappa shape index (κ2) is 5.05. The lowest BCUT2D eigenvalue weighted by Gasteiger charge is -2.45. The third kappa shape index (κ3) is 2.60. The van der Waals surface area contributed by atoms with E-state index >= 15 is 0 Å². The minimum absolute atomic E-state index is 0.491. The van der Waals surface area contributed by atoms with Crippen molar-refractivity contribution in [1.82, 2.24) is 5.32 Å². The highest BCUT2D eigenvalue weighted by atomic mass is 16.5. The maximum absolute atomic E-state index is 6.02. The Bertz CT molecular complexity index is 205. The van der Waals surface area contributed by atoms with Crippen LogP contribution in [-0.4, -0.2) is 24.8 Å². The molecule has 0 aromatic carbocycles. The number of nitrogens with one attached hydrogen (secondary N) is 1. The van der Waals surface area contributed by atoms with Gasteiger partial charge in [-0.1, -0.05) is 27.7 Å². The van der Waals surface area contributed by atoms with Gasteiger partial charge in [-0.25, -0.2) is 0 Å². The van der Waals surface area contributed by atoms with Crippen LogP contribution in [0.15, 0.2) is 0 Å². The van der Waals surface area contributed by atoms with E-state index in [0.29, 0.717) is 24.1 Å². The summed E-state index contributed by atoms with van der Waals surface area (Å²) in [6, 6.07) is 1.18. The van der Waals surface area contributed by atoms with Crippen LogP contribution in [0.1, 0.15) is 47.0 Å². The Morgan fingerprint density at radius 2 is 1.81 bits per heavy atom. The van der Waals surface area contributed by atoms with Gasteiger partial charge >= 0.3 is 0 Å². The molecular weight excluding hydrogens is 198 g/mol. The number of rotatable bonds is 2. The lowest BCUT2D eigenvalue weighted by atomic mass is 9.77. The van der Waals surface area contributed by atoms with Crippen molar-refractivity contribution in [1.29, 1.82) is 0 Å². The molecule has 1 saturated carbocycles. The quantitative estimate of drug-likeness (QED) is 0.780. The largest absolute Gasteiger partial charge is 0.375 e. The molecule has 2 aliphatic rings. The van der Waals surface area contributed by atoms with E-state index in [-0.39, 0.29) is 0 Å². The molecule has 2 heteroatoms. The van der Waals surface area contributed by atoms with Gasteiger partial charge in [0.1, 0.15) is 0 Å². The first-order valence-corrected chi connectivity index (χ1v) is 6.95. The van der Waals surface area contributed by atoms with Crippen LogP contribution in [0, 0.1) is 17.8 Å². The molecule has 1 saturated heterocycles. The molecule has 0 amide bonds. The van der Waals surface area contributed by atoms with E-state index in [9.17, 15) is 0 Å². The van der Waals surface area contributed by atoms with Crippen molar-refractivity contribution in [2.24, 2.45) is 17.8 Å². The topological polar surface area (TPSA) is 21.3 Å². The van der Waals surface area contributed by atoms with Crippen LogP contribution < -0.4 is 5.32 Å². The third-order valence-corrected chi connectivity index (χ3v) is 4.49. The Hall–Kier alpha value is -0.0800. The number of hydrogen-bond acceptors (Lipinski definition) is 2. The zero-order valence-electron chi connectivity index (χ0n) is 11.2. The van der Waals surface area contributed by atoms with E-state index in [0.717, 1.165) is 18.4 Å². The van der Waals surface area contributed by atoms with Gasteiger partial charge in [-0.05, 0) is 37.0 Å². The average molecular weight is 225 g/mol. The Morgan fingerprint density at radius 1 is 1.06 bits per heavy atom. The van der Waals surface area contributed by atoms with E-state index < -0.39 is 0 Å². The molecule has 16 heavy (non-hydrogen) atoms. The molecule has 2 fully saturated rings. The number of morpholine rings is 1. The van der Waals surface area contributed by atoms with Gasteiger partial charge in [0.25, 0.3) is 0 Å². The highest BCUT2D eigenvalue weighted by Crippen LogP contribution is 2.33. The molecule has 0 spiro atoms. The van der Waals surface area contributed by atoms with Crippen molar-refractivity contribution in [2.45, 2.75) is 65.1 Å². The van der Waals surface area contributed by atoms with Crippen molar-refractivity contribution in [3.8, 4) is 0 Å². The van der Waals surface area contributed by atoms with Crippen LogP contribution in [-0.2, 0) is 4.74 Å². The second-order valence-electron chi connectivity index (χ2n) is 6.31. The van der Waals surface area contributed by atoms with Crippen molar-refractivity contribution in [2.75, 3.05) is 6.61 Å². The van der Waals surface area contributed by atoms with Gasteiger partial charge in [0, 0.05) is 12.1 Å². The van der Waals surface area contributed by atoms with E-state index in [4.69, 9.17) is 4.74 Å². The summed E-state index contributed by atoms with van der Waals surface area (Å²) in [4.78, 5) is 0. The molecule has 1 heterocycles. The predicted molar refractivity (Wildman–Crippen MR) is 67.5 cm³/mol. The number of ether oxygens (including phenoxy) is 1. The first-order valence-electron chi connectivity index (χ1n) is 6.95. The molecule has 2 rings (SSSR count). The second-order valence-corrected chi connectivity index (χ2v) is 6.31. The number of hydrogen-bond donors (Lipinski definition) is 1. The molecule has 4 atom stereocenters. The molecule has 0 radical (unpaired) electrons. The molecule has 4 unspecified atom stereocenters. The van der Waals surface area contributed by atoms with Crippen molar-refractivity contribution in [3.05, 3.63) is 0 Å². The molecule has 0 bridgehead atoms. The molecule has 0 aromatic heterocycles. The van der Waals surface area contributed by atoms with Crippen molar-refractivity contribution in [3.63, 3.8) is 0 Å². The summed E-state index contributed by atoms with van der Waals surface area (Å²) in [5, 5.41) is 3.81. The van der Waals surface area contributed by atoms with Gasteiger partial charge < -0.3 is 10.1 Å². The van der Waals surface area contributed by atoms with Crippen LogP contribution in [0.25, 0.3) is 0 Å². The summed E-state index contributed by atoms with van der Waals surface area (Å²) < 4.78 is 6.02. The Kier molecular flexibility index (Phi) is 3.91. The van der Waals surface area contributed by atoms with Gasteiger partial charge in [0.05, 0.1) is 12.7 Å². The lowest BCUT2D eigenvalue weighted by molar-refractivity contribution is -0.0659. The Labute approximate surface area is 100 Å². The molecular formula is C14H27NO. The SMILES string of the molecule is CC(C)C1CCC2OCC(C(C)C)NC2C1. The average Bonchev–Trinajstić information content (AvgIpc) is 2.27. The van der Waals surface area contributed by atoms with E-state index in [1.54, 1.807) is 0 Å². The summed E-state index contributed by atoms with van der Waals surface area (Å²) in [6.07, 6.45) is 4.41. The van der Waals surface area contributed by atoms with Crippen LogP contribution in [0.5, 0.6) is 0 Å². The first-order chi connectivity index (χ1) is 7.58. The van der Waals surface area contributed by atoms with Gasteiger partial charge in [-0.3, -0.25) is 0 Å². The Balaban J connectivity index is 1.93. The van der Waals surface area contributed by atoms with E-state index in [1.807, 2.05) is 0 Å². The van der Waals surface area contributed by atoms with Crippen molar-refractivity contribution >= 4 is 0 Å². The fraction of sp³-hybridized carbons (Fsp3) is 1.00. The summed E-state index contributed by atoms with van der Waals surface area (Å²) in [6.45, 7) is 10.2. The maximum Gasteiger partial charge on any atom is 0.0729 e. The zero-order chi connectivity index (χ0) is 11.7. The summed E-state index contributed by atoms with van der Waals surface area (Å²) >= 11 is 0. The van der Waals surface area contributed by atoms with Crippen LogP contribution in [0.3, 0.4) is 0 Å². The van der Waals surface area contributed by atoms with Gasteiger partial charge in [0.2, 0.25) is 0 Å². The van der Waals surface area contributed by atoms with Crippen molar-refractivity contribution < 1.29 is 4.74 Å². The van der Waals surface area contributed by atoms with E-state index in [2.05, 4.69) is 33.0 Å². The fourth-order valence-electron chi connectivity index (χ4n) is 3.09. The fourth-order valence-corrected chi connectivity index (χ4v) is 3.09. The highest BCUT2D eigenvalue weighted by Gasteiger charge is 2.37. The highest BCUT2D eigenvalue weighted by molar-refractivity contribution is 4.92. The molecule has 94 valence electrons. The Morgan fingerprint density at radius 3 is 2.44 bits per heavy atom. The first kappa shape index (κ1) is 12.4. The van der Waals surface area contributed by atoms with Gasteiger partial charge in [-0.15, -0.1) is 0 Å². The summed E-state index contributed by atoms with van der Waals surface area (Å²) in [5.41, 5.74) is 0. The standard InChI is InChI=1S/C14H27NO/c1-9(2)11-5-6-14-12(7-11)15-13(8-16-14)10(3)4/h9-15H,5-8H2,1-4H3. The molecule has 1 aliphatic carbocycles. The minimum Gasteiger partial charge on any atom is -0.375 e. The normalized spacial score (nSPS) is 40.1.